The predicted octanol–water partition coefficient (Wildman–Crippen LogP) is 3.42. The molecular formula is C24H35N3O2. The second-order valence-electron chi connectivity index (χ2n) is 8.13. The summed E-state index contributed by atoms with van der Waals surface area (Å²) < 4.78 is 5.86. The topological polar surface area (TPSA) is 57.6 Å². The first-order valence-electron chi connectivity index (χ1n) is 10.9. The fraction of sp³-hybridized carbons (Fsp3) is 0.542. The number of likely N-dealkylation sites (N-methyl/N-ethyl adjacent to an activating group) is 1. The van der Waals surface area contributed by atoms with Crippen LogP contribution in [0.2, 0.25) is 0 Å². The van der Waals surface area contributed by atoms with Crippen LogP contribution in [0.1, 0.15) is 43.2 Å². The van der Waals surface area contributed by atoms with Gasteiger partial charge in [0, 0.05) is 31.5 Å². The third kappa shape index (κ3) is 7.77. The second-order valence-corrected chi connectivity index (χ2v) is 8.13. The van der Waals surface area contributed by atoms with Crippen molar-refractivity contribution in [3.8, 4) is 5.75 Å². The summed E-state index contributed by atoms with van der Waals surface area (Å²) in [7, 11) is 2.12. The van der Waals surface area contributed by atoms with Crippen molar-refractivity contribution in [2.75, 3.05) is 26.7 Å². The van der Waals surface area contributed by atoms with Crippen LogP contribution in [0, 0.1) is 0 Å². The zero-order valence-corrected chi connectivity index (χ0v) is 17.6. The molecule has 0 aliphatic heterocycles. The van der Waals surface area contributed by atoms with Crippen LogP contribution in [0.4, 0.5) is 0 Å². The van der Waals surface area contributed by atoms with Gasteiger partial charge in [-0.3, -0.25) is 4.98 Å². The summed E-state index contributed by atoms with van der Waals surface area (Å²) in [5.41, 5.74) is 2.42. The molecule has 0 spiro atoms. The fourth-order valence-corrected chi connectivity index (χ4v) is 4.01. The lowest BCUT2D eigenvalue weighted by atomic mass is 9.94. The number of pyridine rings is 1. The van der Waals surface area contributed by atoms with E-state index in [-0.39, 0.29) is 0 Å². The minimum Gasteiger partial charge on any atom is -0.491 e. The highest BCUT2D eigenvalue weighted by molar-refractivity contribution is 5.28. The fourth-order valence-electron chi connectivity index (χ4n) is 4.01. The number of aliphatic hydroxyl groups excluding tert-OH is 1. The summed E-state index contributed by atoms with van der Waals surface area (Å²) >= 11 is 0. The minimum absolute atomic E-state index is 0.328. The summed E-state index contributed by atoms with van der Waals surface area (Å²) in [5, 5.41) is 13.8. The van der Waals surface area contributed by atoms with Crippen molar-refractivity contribution < 1.29 is 9.84 Å². The zero-order valence-electron chi connectivity index (χ0n) is 17.6. The number of aromatic nitrogens is 1. The molecule has 1 atom stereocenters. The van der Waals surface area contributed by atoms with Gasteiger partial charge < -0.3 is 20.1 Å². The van der Waals surface area contributed by atoms with Gasteiger partial charge in [0.2, 0.25) is 0 Å². The van der Waals surface area contributed by atoms with Crippen molar-refractivity contribution in [2.45, 2.75) is 57.2 Å². The SMILES string of the molecule is CN(CC(O)COc1cccc(CNCCc2cccnc2)c1)C1CCCCC1. The summed E-state index contributed by atoms with van der Waals surface area (Å²) in [6.07, 6.45) is 10.7. The highest BCUT2D eigenvalue weighted by Gasteiger charge is 2.20. The predicted molar refractivity (Wildman–Crippen MR) is 117 cm³/mol. The van der Waals surface area contributed by atoms with Gasteiger partial charge in [0.15, 0.2) is 0 Å². The first-order valence-corrected chi connectivity index (χ1v) is 10.9. The highest BCUT2D eigenvalue weighted by Crippen LogP contribution is 2.21. The Morgan fingerprint density at radius 2 is 2.00 bits per heavy atom. The van der Waals surface area contributed by atoms with E-state index in [1.807, 2.05) is 24.4 Å². The van der Waals surface area contributed by atoms with Crippen molar-refractivity contribution in [3.63, 3.8) is 0 Å². The van der Waals surface area contributed by atoms with Gasteiger partial charge in [0.05, 0.1) is 0 Å². The van der Waals surface area contributed by atoms with Crippen molar-refractivity contribution in [1.82, 2.24) is 15.2 Å². The Labute approximate surface area is 175 Å². The number of rotatable bonds is 11. The average molecular weight is 398 g/mol. The van der Waals surface area contributed by atoms with Crippen LogP contribution in [0.15, 0.2) is 48.8 Å². The molecule has 1 aliphatic carbocycles. The van der Waals surface area contributed by atoms with Gasteiger partial charge in [0.25, 0.3) is 0 Å². The van der Waals surface area contributed by atoms with E-state index in [4.69, 9.17) is 4.74 Å². The Morgan fingerprint density at radius 1 is 1.17 bits per heavy atom. The molecule has 2 aromatic rings. The molecule has 0 saturated heterocycles. The van der Waals surface area contributed by atoms with E-state index in [0.29, 0.717) is 19.2 Å². The van der Waals surface area contributed by atoms with Crippen molar-refractivity contribution >= 4 is 0 Å². The molecule has 0 radical (unpaired) electrons. The lowest BCUT2D eigenvalue weighted by molar-refractivity contribution is 0.0561. The molecule has 1 aliphatic rings. The Bertz CT molecular complexity index is 704. The zero-order chi connectivity index (χ0) is 20.3. The first-order chi connectivity index (χ1) is 14.2. The molecule has 29 heavy (non-hydrogen) atoms. The molecule has 2 N–H and O–H groups in total. The monoisotopic (exact) mass is 397 g/mol. The van der Waals surface area contributed by atoms with Crippen molar-refractivity contribution in [1.29, 1.82) is 0 Å². The molecular weight excluding hydrogens is 362 g/mol. The van der Waals surface area contributed by atoms with E-state index in [1.165, 1.54) is 43.2 Å². The number of benzene rings is 1. The van der Waals surface area contributed by atoms with E-state index in [2.05, 4.69) is 40.4 Å². The third-order valence-electron chi connectivity index (χ3n) is 5.68. The molecule has 1 aromatic heterocycles. The summed E-state index contributed by atoms with van der Waals surface area (Å²) in [4.78, 5) is 6.45. The van der Waals surface area contributed by atoms with Crippen LogP contribution in [0.25, 0.3) is 0 Å². The highest BCUT2D eigenvalue weighted by atomic mass is 16.5. The molecule has 1 heterocycles. The Balaban J connectivity index is 1.36. The molecule has 1 unspecified atom stereocenters. The van der Waals surface area contributed by atoms with Crippen molar-refractivity contribution in [3.05, 3.63) is 59.9 Å². The number of aliphatic hydroxyl groups is 1. The molecule has 0 amide bonds. The first kappa shape index (κ1) is 21.8. The maximum atomic E-state index is 10.4. The number of ether oxygens (including phenoxy) is 1. The van der Waals surface area contributed by atoms with Gasteiger partial charge in [-0.1, -0.05) is 37.5 Å². The minimum atomic E-state index is -0.469. The van der Waals surface area contributed by atoms with Gasteiger partial charge >= 0.3 is 0 Å². The van der Waals surface area contributed by atoms with Crippen LogP contribution in [-0.4, -0.2) is 53.9 Å². The standard InChI is InChI=1S/C24H35N3O2/c1-27(22-9-3-2-4-10-22)18-23(28)19-29-24-11-5-7-21(15-24)17-26-14-12-20-8-6-13-25-16-20/h5-8,11,13,15-16,22-23,26,28H,2-4,9-10,12,14,17-19H2,1H3. The van der Waals surface area contributed by atoms with Gasteiger partial charge in [0.1, 0.15) is 18.5 Å². The second kappa shape index (κ2) is 11.9. The summed E-state index contributed by atoms with van der Waals surface area (Å²) in [6.45, 7) is 2.70. The molecule has 158 valence electrons. The Morgan fingerprint density at radius 3 is 2.79 bits per heavy atom. The lowest BCUT2D eigenvalue weighted by Gasteiger charge is -2.32. The number of nitrogens with zero attached hydrogens (tertiary/aromatic N) is 2. The normalized spacial score (nSPS) is 16.1. The molecule has 0 bridgehead atoms. The molecule has 1 saturated carbocycles. The Hall–Kier alpha value is -1.95. The van der Waals surface area contributed by atoms with E-state index in [9.17, 15) is 5.11 Å². The van der Waals surface area contributed by atoms with E-state index in [1.54, 1.807) is 6.20 Å². The number of hydrogen-bond donors (Lipinski definition) is 2. The Kier molecular flexibility index (Phi) is 8.93. The van der Waals surface area contributed by atoms with Crippen LogP contribution < -0.4 is 10.1 Å². The van der Waals surface area contributed by atoms with Gasteiger partial charge in [-0.05, 0) is 62.2 Å². The van der Waals surface area contributed by atoms with Gasteiger partial charge in [-0.25, -0.2) is 0 Å². The quantitative estimate of drug-likeness (QED) is 0.569. The van der Waals surface area contributed by atoms with Crippen LogP contribution in [0.3, 0.4) is 0 Å². The van der Waals surface area contributed by atoms with E-state index >= 15 is 0 Å². The van der Waals surface area contributed by atoms with Crippen LogP contribution in [0.5, 0.6) is 5.75 Å². The summed E-state index contributed by atoms with van der Waals surface area (Å²) in [5.74, 6) is 0.816. The average Bonchev–Trinajstić information content (AvgIpc) is 2.77. The van der Waals surface area contributed by atoms with E-state index < -0.39 is 6.10 Å². The molecule has 1 fully saturated rings. The molecule has 5 nitrogen and oxygen atoms in total. The van der Waals surface area contributed by atoms with E-state index in [0.717, 1.165) is 25.3 Å². The summed E-state index contributed by atoms with van der Waals surface area (Å²) in [6, 6.07) is 12.8. The lowest BCUT2D eigenvalue weighted by Crippen LogP contribution is -2.40. The van der Waals surface area contributed by atoms with Gasteiger partial charge in [-0.2, -0.15) is 0 Å². The maximum Gasteiger partial charge on any atom is 0.119 e. The molecule has 1 aromatic carbocycles. The van der Waals surface area contributed by atoms with Crippen LogP contribution >= 0.6 is 0 Å². The number of hydrogen-bond acceptors (Lipinski definition) is 5. The van der Waals surface area contributed by atoms with Crippen LogP contribution in [-0.2, 0) is 13.0 Å². The third-order valence-corrected chi connectivity index (χ3v) is 5.68. The largest absolute Gasteiger partial charge is 0.491 e. The van der Waals surface area contributed by atoms with Crippen molar-refractivity contribution in [2.24, 2.45) is 0 Å². The smallest absolute Gasteiger partial charge is 0.119 e. The number of nitrogens with one attached hydrogen (secondary N) is 1. The molecule has 5 heteroatoms. The molecule has 3 rings (SSSR count). The van der Waals surface area contributed by atoms with Gasteiger partial charge in [-0.15, -0.1) is 0 Å². The maximum absolute atomic E-state index is 10.4.